The molecule has 4 rings (SSSR count). The van der Waals surface area contributed by atoms with E-state index in [0.717, 1.165) is 24.0 Å². The second kappa shape index (κ2) is 7.33. The van der Waals surface area contributed by atoms with E-state index in [1.165, 1.54) is 12.1 Å². The maximum absolute atomic E-state index is 12.7. The lowest BCUT2D eigenvalue weighted by molar-refractivity contribution is -0.115. The van der Waals surface area contributed by atoms with E-state index in [1.54, 1.807) is 25.3 Å². The molecule has 28 heavy (non-hydrogen) atoms. The average molecular weight is 399 g/mol. The van der Waals surface area contributed by atoms with Crippen molar-refractivity contribution in [1.82, 2.24) is 19.3 Å². The van der Waals surface area contributed by atoms with Crippen LogP contribution >= 0.6 is 0 Å². The highest BCUT2D eigenvalue weighted by atomic mass is 32.2. The highest BCUT2D eigenvalue weighted by Crippen LogP contribution is 2.38. The second-order valence-corrected chi connectivity index (χ2v) is 8.49. The van der Waals surface area contributed by atoms with Gasteiger partial charge in [0, 0.05) is 24.3 Å². The summed E-state index contributed by atoms with van der Waals surface area (Å²) in [5.41, 5.74) is 2.11. The Kier molecular flexibility index (Phi) is 4.86. The molecule has 1 saturated carbocycles. The summed E-state index contributed by atoms with van der Waals surface area (Å²) >= 11 is 0. The number of benzene rings is 1. The fraction of sp³-hybridized carbons (Fsp3) is 0.316. The Morgan fingerprint density at radius 2 is 1.96 bits per heavy atom. The number of anilines is 1. The summed E-state index contributed by atoms with van der Waals surface area (Å²) in [6.07, 6.45) is 4.17. The summed E-state index contributed by atoms with van der Waals surface area (Å²) in [5.74, 6) is 0.535. The first kappa shape index (κ1) is 18.6. The van der Waals surface area contributed by atoms with Crippen molar-refractivity contribution in [2.75, 3.05) is 5.32 Å². The van der Waals surface area contributed by atoms with Crippen LogP contribution in [0, 0.1) is 0 Å². The van der Waals surface area contributed by atoms with Gasteiger partial charge in [-0.2, -0.15) is 0 Å². The quantitative estimate of drug-likeness (QED) is 0.635. The lowest BCUT2D eigenvalue weighted by Crippen LogP contribution is -2.25. The van der Waals surface area contributed by atoms with Crippen LogP contribution in [-0.2, 0) is 21.4 Å². The van der Waals surface area contributed by atoms with Gasteiger partial charge in [-0.3, -0.25) is 4.79 Å². The molecule has 2 N–H and O–H groups in total. The Morgan fingerprint density at radius 3 is 2.64 bits per heavy atom. The van der Waals surface area contributed by atoms with Crippen molar-refractivity contribution in [3.05, 3.63) is 48.4 Å². The topological polar surface area (TPSA) is 106 Å². The van der Waals surface area contributed by atoms with E-state index < -0.39 is 10.0 Å². The summed E-state index contributed by atoms with van der Waals surface area (Å²) in [7, 11) is -3.71. The standard InChI is InChI=1S/C19H21N5O3S/c1-2-18(25)22-13-5-9-15(10-6-13)28(26,27)21-12-17-23-16-4-3-11-20-19(16)24(17)14-7-8-14/h3-6,9-11,14,21H,2,7-8,12H2,1H3,(H,22,25). The number of amides is 1. The Labute approximate surface area is 163 Å². The van der Waals surface area contributed by atoms with Crippen LogP contribution in [0.15, 0.2) is 47.5 Å². The number of nitrogens with one attached hydrogen (secondary N) is 2. The number of sulfonamides is 1. The number of pyridine rings is 1. The third-order valence-corrected chi connectivity index (χ3v) is 6.04. The summed E-state index contributed by atoms with van der Waals surface area (Å²) in [6.45, 7) is 1.84. The van der Waals surface area contributed by atoms with Crippen molar-refractivity contribution in [3.63, 3.8) is 0 Å². The van der Waals surface area contributed by atoms with E-state index >= 15 is 0 Å². The second-order valence-electron chi connectivity index (χ2n) is 6.73. The molecule has 146 valence electrons. The van der Waals surface area contributed by atoms with Crippen LogP contribution in [0.3, 0.4) is 0 Å². The highest BCUT2D eigenvalue weighted by Gasteiger charge is 2.29. The van der Waals surface area contributed by atoms with Crippen molar-refractivity contribution >= 4 is 32.8 Å². The average Bonchev–Trinajstić information content (AvgIpc) is 3.46. The fourth-order valence-electron chi connectivity index (χ4n) is 3.03. The van der Waals surface area contributed by atoms with Crippen LogP contribution in [-0.4, -0.2) is 28.9 Å². The normalized spacial score (nSPS) is 14.3. The molecule has 2 heterocycles. The minimum atomic E-state index is -3.71. The molecule has 1 aromatic carbocycles. The summed E-state index contributed by atoms with van der Waals surface area (Å²) in [6, 6.07) is 10.1. The first-order valence-corrected chi connectivity index (χ1v) is 10.7. The molecule has 0 aliphatic heterocycles. The molecule has 1 amide bonds. The number of hydrogen-bond donors (Lipinski definition) is 2. The van der Waals surface area contributed by atoms with Gasteiger partial charge >= 0.3 is 0 Å². The van der Waals surface area contributed by atoms with Gasteiger partial charge in [-0.25, -0.2) is 23.1 Å². The van der Waals surface area contributed by atoms with E-state index in [4.69, 9.17) is 0 Å². The Balaban J connectivity index is 1.52. The maximum Gasteiger partial charge on any atom is 0.240 e. The van der Waals surface area contributed by atoms with Crippen LogP contribution in [0.25, 0.3) is 11.2 Å². The molecule has 0 unspecified atom stereocenters. The zero-order valence-electron chi connectivity index (χ0n) is 15.4. The number of hydrogen-bond acceptors (Lipinski definition) is 5. The summed E-state index contributed by atoms with van der Waals surface area (Å²) in [5, 5.41) is 2.70. The molecule has 1 aliphatic rings. The van der Waals surface area contributed by atoms with Crippen LogP contribution in [0.1, 0.15) is 38.1 Å². The Morgan fingerprint density at radius 1 is 1.21 bits per heavy atom. The SMILES string of the molecule is CCC(=O)Nc1ccc(S(=O)(=O)NCc2nc3cccnc3n2C2CC2)cc1. The van der Waals surface area contributed by atoms with Crippen molar-refractivity contribution in [3.8, 4) is 0 Å². The summed E-state index contributed by atoms with van der Waals surface area (Å²) in [4.78, 5) is 20.5. The van der Waals surface area contributed by atoms with E-state index in [9.17, 15) is 13.2 Å². The van der Waals surface area contributed by atoms with Gasteiger partial charge in [0.25, 0.3) is 0 Å². The maximum atomic E-state index is 12.7. The van der Waals surface area contributed by atoms with Crippen LogP contribution in [0.5, 0.6) is 0 Å². The first-order valence-electron chi connectivity index (χ1n) is 9.19. The molecule has 0 spiro atoms. The Hall–Kier alpha value is -2.78. The zero-order valence-corrected chi connectivity index (χ0v) is 16.2. The van der Waals surface area contributed by atoms with Crippen molar-refractivity contribution < 1.29 is 13.2 Å². The van der Waals surface area contributed by atoms with Gasteiger partial charge in [0.05, 0.1) is 11.4 Å². The van der Waals surface area contributed by atoms with Gasteiger partial charge in [-0.05, 0) is 49.2 Å². The third kappa shape index (κ3) is 3.76. The molecule has 9 heteroatoms. The van der Waals surface area contributed by atoms with Gasteiger partial charge in [0.2, 0.25) is 15.9 Å². The molecule has 1 fully saturated rings. The van der Waals surface area contributed by atoms with Gasteiger partial charge < -0.3 is 9.88 Å². The zero-order chi connectivity index (χ0) is 19.7. The molecule has 1 aliphatic carbocycles. The van der Waals surface area contributed by atoms with Crippen LogP contribution < -0.4 is 10.0 Å². The highest BCUT2D eigenvalue weighted by molar-refractivity contribution is 7.89. The van der Waals surface area contributed by atoms with Gasteiger partial charge in [-0.15, -0.1) is 0 Å². The van der Waals surface area contributed by atoms with E-state index in [0.29, 0.717) is 24.0 Å². The number of rotatable bonds is 7. The molecule has 0 saturated heterocycles. The predicted octanol–water partition coefficient (Wildman–Crippen LogP) is 2.59. The van der Waals surface area contributed by atoms with Crippen molar-refractivity contribution in [2.45, 2.75) is 43.7 Å². The van der Waals surface area contributed by atoms with Crippen LogP contribution in [0.2, 0.25) is 0 Å². The molecular weight excluding hydrogens is 378 g/mol. The predicted molar refractivity (Wildman–Crippen MR) is 105 cm³/mol. The molecular formula is C19H21N5O3S. The molecule has 0 radical (unpaired) electrons. The molecule has 0 atom stereocenters. The largest absolute Gasteiger partial charge is 0.326 e. The van der Waals surface area contributed by atoms with E-state index in [1.807, 2.05) is 16.7 Å². The first-order chi connectivity index (χ1) is 13.5. The molecule has 2 aromatic heterocycles. The van der Waals surface area contributed by atoms with Crippen LogP contribution in [0.4, 0.5) is 5.69 Å². The third-order valence-electron chi connectivity index (χ3n) is 4.62. The molecule has 8 nitrogen and oxygen atoms in total. The monoisotopic (exact) mass is 399 g/mol. The number of nitrogens with zero attached hydrogens (tertiary/aromatic N) is 3. The lowest BCUT2D eigenvalue weighted by atomic mass is 10.3. The van der Waals surface area contributed by atoms with Gasteiger partial charge in [0.1, 0.15) is 11.3 Å². The minimum absolute atomic E-state index is 0.0868. The lowest BCUT2D eigenvalue weighted by Gasteiger charge is -2.10. The van der Waals surface area contributed by atoms with E-state index in [2.05, 4.69) is 20.0 Å². The van der Waals surface area contributed by atoms with Gasteiger partial charge in [-0.1, -0.05) is 6.92 Å². The minimum Gasteiger partial charge on any atom is -0.326 e. The fourth-order valence-corrected chi connectivity index (χ4v) is 4.01. The molecule has 3 aromatic rings. The van der Waals surface area contributed by atoms with Gasteiger partial charge in [0.15, 0.2) is 5.65 Å². The number of fused-ring (bicyclic) bond motifs is 1. The number of carbonyl (C=O) groups excluding carboxylic acids is 1. The van der Waals surface area contributed by atoms with Crippen molar-refractivity contribution in [2.24, 2.45) is 0 Å². The van der Waals surface area contributed by atoms with Crippen molar-refractivity contribution in [1.29, 1.82) is 0 Å². The number of imidazole rings is 1. The number of carbonyl (C=O) groups is 1. The van der Waals surface area contributed by atoms with E-state index in [-0.39, 0.29) is 17.3 Å². The molecule has 0 bridgehead atoms. The Bertz CT molecular complexity index is 1120. The number of aromatic nitrogens is 3. The smallest absolute Gasteiger partial charge is 0.240 e. The summed E-state index contributed by atoms with van der Waals surface area (Å²) < 4.78 is 30.0.